The molecule has 4 heteroatoms. The second kappa shape index (κ2) is 5.61. The summed E-state index contributed by atoms with van der Waals surface area (Å²) in [6.45, 7) is 3.91. The highest BCUT2D eigenvalue weighted by molar-refractivity contribution is 5.94. The van der Waals surface area contributed by atoms with E-state index in [0.29, 0.717) is 5.69 Å². The van der Waals surface area contributed by atoms with Gasteiger partial charge in [0.25, 0.3) is 0 Å². The molecular formula is C12H17FN2O. The van der Waals surface area contributed by atoms with Gasteiger partial charge in [0.05, 0.1) is 6.04 Å². The molecule has 2 atom stereocenters. The van der Waals surface area contributed by atoms with Crippen LogP contribution in [-0.2, 0) is 4.79 Å². The number of hydrogen-bond donors (Lipinski definition) is 2. The fraction of sp³-hybridized carbons (Fsp3) is 0.417. The Morgan fingerprint density at radius 1 is 1.44 bits per heavy atom. The number of benzene rings is 1. The number of hydrogen-bond acceptors (Lipinski definition) is 2. The predicted molar refractivity (Wildman–Crippen MR) is 62.5 cm³/mol. The molecule has 0 saturated carbocycles. The zero-order valence-corrected chi connectivity index (χ0v) is 9.53. The summed E-state index contributed by atoms with van der Waals surface area (Å²) in [5.74, 6) is -0.439. The first-order valence-corrected chi connectivity index (χ1v) is 5.36. The van der Waals surface area contributed by atoms with Crippen LogP contribution >= 0.6 is 0 Å². The van der Waals surface area contributed by atoms with Crippen LogP contribution in [0.5, 0.6) is 0 Å². The third kappa shape index (κ3) is 3.31. The van der Waals surface area contributed by atoms with Crippen molar-refractivity contribution in [1.82, 2.24) is 0 Å². The molecular weight excluding hydrogens is 207 g/mol. The van der Waals surface area contributed by atoms with Crippen LogP contribution in [0.1, 0.15) is 20.3 Å². The van der Waals surface area contributed by atoms with E-state index >= 15 is 0 Å². The quantitative estimate of drug-likeness (QED) is 0.823. The number of carbonyl (C=O) groups excluding carboxylic acids is 1. The second-order valence-corrected chi connectivity index (χ2v) is 3.91. The van der Waals surface area contributed by atoms with E-state index in [1.54, 1.807) is 0 Å². The molecule has 0 aliphatic carbocycles. The molecule has 0 fully saturated rings. The molecule has 3 N–H and O–H groups in total. The molecule has 0 spiro atoms. The summed E-state index contributed by atoms with van der Waals surface area (Å²) in [6.07, 6.45) is 0.845. The lowest BCUT2D eigenvalue weighted by Gasteiger charge is -2.17. The van der Waals surface area contributed by atoms with Crippen molar-refractivity contribution in [2.24, 2.45) is 11.7 Å². The van der Waals surface area contributed by atoms with E-state index < -0.39 is 6.04 Å². The molecule has 16 heavy (non-hydrogen) atoms. The molecule has 0 aliphatic rings. The molecule has 0 aromatic heterocycles. The second-order valence-electron chi connectivity index (χ2n) is 3.91. The Balaban J connectivity index is 2.60. The van der Waals surface area contributed by atoms with Gasteiger partial charge in [0.1, 0.15) is 5.82 Å². The van der Waals surface area contributed by atoms with Gasteiger partial charge in [-0.05, 0) is 30.2 Å². The van der Waals surface area contributed by atoms with Gasteiger partial charge in [0, 0.05) is 5.69 Å². The topological polar surface area (TPSA) is 55.1 Å². The molecule has 1 aromatic rings. The van der Waals surface area contributed by atoms with E-state index in [-0.39, 0.29) is 17.6 Å². The Labute approximate surface area is 94.8 Å². The van der Waals surface area contributed by atoms with Crippen LogP contribution in [0.2, 0.25) is 0 Å². The van der Waals surface area contributed by atoms with Crippen LogP contribution in [0.3, 0.4) is 0 Å². The average Bonchev–Trinajstić information content (AvgIpc) is 2.30. The zero-order chi connectivity index (χ0) is 12.1. The van der Waals surface area contributed by atoms with Gasteiger partial charge in [-0.3, -0.25) is 4.79 Å². The van der Waals surface area contributed by atoms with Crippen LogP contribution in [0.15, 0.2) is 24.3 Å². The van der Waals surface area contributed by atoms with Gasteiger partial charge in [0.15, 0.2) is 0 Å². The van der Waals surface area contributed by atoms with Gasteiger partial charge in [0.2, 0.25) is 5.91 Å². The van der Waals surface area contributed by atoms with Gasteiger partial charge in [-0.15, -0.1) is 0 Å². The van der Waals surface area contributed by atoms with Gasteiger partial charge in [-0.25, -0.2) is 4.39 Å². The number of nitrogens with one attached hydrogen (secondary N) is 1. The molecule has 0 bridgehead atoms. The maximum atomic E-state index is 12.6. The molecule has 3 nitrogen and oxygen atoms in total. The lowest BCUT2D eigenvalue weighted by molar-refractivity contribution is -0.118. The first-order valence-electron chi connectivity index (χ1n) is 5.36. The summed E-state index contributed by atoms with van der Waals surface area (Å²) in [6, 6.07) is 5.08. The number of anilines is 1. The third-order valence-electron chi connectivity index (χ3n) is 2.67. The van der Waals surface area contributed by atoms with E-state index in [0.717, 1.165) is 6.42 Å². The third-order valence-corrected chi connectivity index (χ3v) is 2.67. The van der Waals surface area contributed by atoms with Crippen LogP contribution in [-0.4, -0.2) is 11.9 Å². The molecule has 88 valence electrons. The number of rotatable bonds is 4. The highest BCUT2D eigenvalue weighted by Crippen LogP contribution is 2.11. The van der Waals surface area contributed by atoms with Crippen LogP contribution < -0.4 is 11.1 Å². The van der Waals surface area contributed by atoms with Crippen molar-refractivity contribution in [3.8, 4) is 0 Å². The predicted octanol–water partition coefficient (Wildman–Crippen LogP) is 2.14. The lowest BCUT2D eigenvalue weighted by atomic mass is 9.99. The van der Waals surface area contributed by atoms with Crippen LogP contribution in [0.4, 0.5) is 10.1 Å². The fourth-order valence-electron chi connectivity index (χ4n) is 1.27. The summed E-state index contributed by atoms with van der Waals surface area (Å²) in [4.78, 5) is 11.7. The minimum atomic E-state index is -0.532. The summed E-state index contributed by atoms with van der Waals surface area (Å²) >= 11 is 0. The summed E-state index contributed by atoms with van der Waals surface area (Å²) in [7, 11) is 0. The van der Waals surface area contributed by atoms with E-state index in [2.05, 4.69) is 5.32 Å². The van der Waals surface area contributed by atoms with Crippen molar-refractivity contribution >= 4 is 11.6 Å². The molecule has 0 unspecified atom stereocenters. The largest absolute Gasteiger partial charge is 0.325 e. The Morgan fingerprint density at radius 3 is 2.50 bits per heavy atom. The highest BCUT2D eigenvalue weighted by atomic mass is 19.1. The van der Waals surface area contributed by atoms with Gasteiger partial charge < -0.3 is 11.1 Å². The number of amides is 1. The average molecular weight is 224 g/mol. The van der Waals surface area contributed by atoms with Crippen LogP contribution in [0.25, 0.3) is 0 Å². The molecule has 0 radical (unpaired) electrons. The monoisotopic (exact) mass is 224 g/mol. The van der Waals surface area contributed by atoms with Crippen molar-refractivity contribution in [1.29, 1.82) is 0 Å². The molecule has 0 saturated heterocycles. The number of nitrogens with two attached hydrogens (primary N) is 1. The smallest absolute Gasteiger partial charge is 0.241 e. The number of carbonyl (C=O) groups is 1. The SMILES string of the molecule is CC[C@H](C)[C@H](N)C(=O)Nc1ccc(F)cc1. The van der Waals surface area contributed by atoms with E-state index in [1.165, 1.54) is 24.3 Å². The van der Waals surface area contributed by atoms with Crippen molar-refractivity contribution in [2.75, 3.05) is 5.32 Å². The Bertz CT molecular complexity index is 351. The standard InChI is InChI=1S/C12H17FN2O/c1-3-8(2)11(14)12(16)15-10-6-4-9(13)5-7-10/h4-8,11H,3,14H2,1-2H3,(H,15,16)/t8-,11-/m0/s1. The van der Waals surface area contributed by atoms with Crippen LogP contribution in [0, 0.1) is 11.7 Å². The molecule has 0 heterocycles. The van der Waals surface area contributed by atoms with Crippen molar-refractivity contribution in [2.45, 2.75) is 26.3 Å². The fourth-order valence-corrected chi connectivity index (χ4v) is 1.27. The number of halogens is 1. The Morgan fingerprint density at radius 2 is 2.00 bits per heavy atom. The van der Waals surface area contributed by atoms with Crippen molar-refractivity contribution < 1.29 is 9.18 Å². The molecule has 1 rings (SSSR count). The Hall–Kier alpha value is -1.42. The summed E-state index contributed by atoms with van der Waals surface area (Å²) in [5, 5.41) is 2.65. The van der Waals surface area contributed by atoms with Gasteiger partial charge in [-0.1, -0.05) is 20.3 Å². The zero-order valence-electron chi connectivity index (χ0n) is 9.53. The normalized spacial score (nSPS) is 14.2. The Kier molecular flexibility index (Phi) is 4.43. The van der Waals surface area contributed by atoms with Gasteiger partial charge in [-0.2, -0.15) is 0 Å². The maximum absolute atomic E-state index is 12.6. The minimum Gasteiger partial charge on any atom is -0.325 e. The van der Waals surface area contributed by atoms with E-state index in [1.807, 2.05) is 13.8 Å². The van der Waals surface area contributed by atoms with E-state index in [9.17, 15) is 9.18 Å². The lowest BCUT2D eigenvalue weighted by Crippen LogP contribution is -2.40. The van der Waals surface area contributed by atoms with Crippen molar-refractivity contribution in [3.05, 3.63) is 30.1 Å². The summed E-state index contributed by atoms with van der Waals surface area (Å²) < 4.78 is 12.6. The molecule has 1 amide bonds. The summed E-state index contributed by atoms with van der Waals surface area (Å²) in [5.41, 5.74) is 6.32. The van der Waals surface area contributed by atoms with E-state index in [4.69, 9.17) is 5.73 Å². The molecule has 1 aromatic carbocycles. The highest BCUT2D eigenvalue weighted by Gasteiger charge is 2.19. The maximum Gasteiger partial charge on any atom is 0.241 e. The molecule has 0 aliphatic heterocycles. The minimum absolute atomic E-state index is 0.125. The van der Waals surface area contributed by atoms with Gasteiger partial charge >= 0.3 is 0 Å². The van der Waals surface area contributed by atoms with Crippen molar-refractivity contribution in [3.63, 3.8) is 0 Å². The first-order chi connectivity index (χ1) is 7.54. The first kappa shape index (κ1) is 12.6.